The summed E-state index contributed by atoms with van der Waals surface area (Å²) in [5, 5.41) is 10.6. The van der Waals surface area contributed by atoms with Crippen LogP contribution in [0.15, 0.2) is 24.5 Å². The van der Waals surface area contributed by atoms with Crippen LogP contribution in [0.5, 0.6) is 0 Å². The minimum Gasteiger partial charge on any atom is -0.461 e. The SMILES string of the molecule is CCOC(=O)c1cn2cc([N+](=O)[O-])ccc2n1.Cl. The summed E-state index contributed by atoms with van der Waals surface area (Å²) in [4.78, 5) is 25.5. The number of hydrogen-bond acceptors (Lipinski definition) is 5. The first kappa shape index (κ1) is 13.9. The van der Waals surface area contributed by atoms with E-state index in [4.69, 9.17) is 4.74 Å². The van der Waals surface area contributed by atoms with Crippen LogP contribution in [-0.2, 0) is 4.74 Å². The summed E-state index contributed by atoms with van der Waals surface area (Å²) in [7, 11) is 0. The number of imidazole rings is 1. The van der Waals surface area contributed by atoms with E-state index in [-0.39, 0.29) is 30.4 Å². The number of hydrogen-bond donors (Lipinski definition) is 0. The Morgan fingerprint density at radius 3 is 2.83 bits per heavy atom. The molecule has 0 aliphatic rings. The predicted octanol–water partition coefficient (Wildman–Crippen LogP) is 1.84. The maximum Gasteiger partial charge on any atom is 0.358 e. The minimum absolute atomic E-state index is 0. The number of esters is 1. The fourth-order valence-corrected chi connectivity index (χ4v) is 1.39. The molecule has 0 amide bonds. The van der Waals surface area contributed by atoms with Gasteiger partial charge in [0, 0.05) is 12.3 Å². The van der Waals surface area contributed by atoms with Gasteiger partial charge in [-0.15, -0.1) is 12.4 Å². The van der Waals surface area contributed by atoms with E-state index in [2.05, 4.69) is 4.98 Å². The van der Waals surface area contributed by atoms with Gasteiger partial charge in [0.15, 0.2) is 5.69 Å². The lowest BCUT2D eigenvalue weighted by Gasteiger charge is -1.95. The van der Waals surface area contributed by atoms with Crippen LogP contribution in [0.25, 0.3) is 5.65 Å². The topological polar surface area (TPSA) is 86.7 Å². The molecular weight excluding hydrogens is 262 g/mol. The van der Waals surface area contributed by atoms with Crippen molar-refractivity contribution in [3.8, 4) is 0 Å². The third-order valence-electron chi connectivity index (χ3n) is 2.13. The van der Waals surface area contributed by atoms with E-state index in [0.717, 1.165) is 0 Å². The van der Waals surface area contributed by atoms with Gasteiger partial charge in [0.1, 0.15) is 5.65 Å². The number of rotatable bonds is 3. The highest BCUT2D eigenvalue weighted by Crippen LogP contribution is 2.14. The predicted molar refractivity (Wildman–Crippen MR) is 65.1 cm³/mol. The number of aromatic nitrogens is 2. The maximum atomic E-state index is 11.4. The molecule has 0 N–H and O–H groups in total. The summed E-state index contributed by atoms with van der Waals surface area (Å²) < 4.78 is 6.21. The van der Waals surface area contributed by atoms with Crippen LogP contribution >= 0.6 is 12.4 Å². The molecule has 0 bridgehead atoms. The smallest absolute Gasteiger partial charge is 0.358 e. The number of halogens is 1. The van der Waals surface area contributed by atoms with Crippen molar-refractivity contribution in [1.29, 1.82) is 0 Å². The number of ether oxygens (including phenoxy) is 1. The Balaban J connectivity index is 0.00000162. The van der Waals surface area contributed by atoms with E-state index in [1.54, 1.807) is 6.92 Å². The molecule has 0 saturated carbocycles. The molecule has 0 saturated heterocycles. The molecule has 2 aromatic heterocycles. The third-order valence-corrected chi connectivity index (χ3v) is 2.13. The molecule has 0 radical (unpaired) electrons. The van der Waals surface area contributed by atoms with Crippen molar-refractivity contribution in [2.45, 2.75) is 6.92 Å². The Morgan fingerprint density at radius 1 is 1.50 bits per heavy atom. The first-order valence-corrected chi connectivity index (χ1v) is 4.92. The summed E-state index contributed by atoms with van der Waals surface area (Å²) in [6.45, 7) is 1.95. The number of pyridine rings is 1. The molecule has 2 aromatic rings. The van der Waals surface area contributed by atoms with E-state index in [9.17, 15) is 14.9 Å². The Bertz CT molecular complexity index is 596. The van der Waals surface area contributed by atoms with Crippen molar-refractivity contribution in [3.63, 3.8) is 0 Å². The lowest BCUT2D eigenvalue weighted by molar-refractivity contribution is -0.385. The zero-order chi connectivity index (χ0) is 12.4. The average molecular weight is 272 g/mol. The summed E-state index contributed by atoms with van der Waals surface area (Å²) in [6, 6.07) is 2.80. The summed E-state index contributed by atoms with van der Waals surface area (Å²) in [5.74, 6) is -0.543. The second-order valence-electron chi connectivity index (χ2n) is 3.26. The van der Waals surface area contributed by atoms with Gasteiger partial charge in [-0.3, -0.25) is 14.5 Å². The molecule has 0 spiro atoms. The van der Waals surface area contributed by atoms with Gasteiger partial charge >= 0.3 is 5.97 Å². The van der Waals surface area contributed by atoms with Crippen LogP contribution in [0, 0.1) is 10.1 Å². The summed E-state index contributed by atoms with van der Waals surface area (Å²) >= 11 is 0. The van der Waals surface area contributed by atoms with Gasteiger partial charge in [-0.2, -0.15) is 0 Å². The lowest BCUT2D eigenvalue weighted by Crippen LogP contribution is -2.04. The van der Waals surface area contributed by atoms with Gasteiger partial charge in [-0.1, -0.05) is 0 Å². The number of nitro groups is 1. The number of fused-ring (bicyclic) bond motifs is 1. The number of carbonyl (C=O) groups is 1. The van der Waals surface area contributed by atoms with E-state index in [1.807, 2.05) is 0 Å². The quantitative estimate of drug-likeness (QED) is 0.483. The van der Waals surface area contributed by atoms with Crippen LogP contribution in [0.1, 0.15) is 17.4 Å². The lowest BCUT2D eigenvalue weighted by atomic mass is 10.4. The second kappa shape index (κ2) is 5.46. The van der Waals surface area contributed by atoms with Crippen molar-refractivity contribution >= 4 is 29.7 Å². The van der Waals surface area contributed by atoms with E-state index in [1.165, 1.54) is 28.9 Å². The van der Waals surface area contributed by atoms with Gasteiger partial charge in [0.25, 0.3) is 5.69 Å². The minimum atomic E-state index is -0.543. The molecule has 8 heteroatoms. The van der Waals surface area contributed by atoms with Gasteiger partial charge in [-0.25, -0.2) is 9.78 Å². The molecule has 0 aliphatic carbocycles. The number of carbonyl (C=O) groups excluding carboxylic acids is 1. The van der Waals surface area contributed by atoms with Crippen LogP contribution in [0.2, 0.25) is 0 Å². The Hall–Kier alpha value is -2.15. The molecule has 0 aliphatic heterocycles. The molecule has 2 heterocycles. The van der Waals surface area contributed by atoms with Crippen LogP contribution in [0.4, 0.5) is 5.69 Å². The van der Waals surface area contributed by atoms with E-state index < -0.39 is 10.9 Å². The largest absolute Gasteiger partial charge is 0.461 e. The molecule has 18 heavy (non-hydrogen) atoms. The standard InChI is InChI=1S/C10H9N3O4.ClH/c1-2-17-10(14)8-6-12-5-7(13(15)16)3-4-9(12)11-8;/h3-6H,2H2,1H3;1H. The fourth-order valence-electron chi connectivity index (χ4n) is 1.39. The highest BCUT2D eigenvalue weighted by atomic mass is 35.5. The molecule has 0 aromatic carbocycles. The molecule has 0 fully saturated rings. The molecule has 0 atom stereocenters. The van der Waals surface area contributed by atoms with E-state index >= 15 is 0 Å². The van der Waals surface area contributed by atoms with Gasteiger partial charge in [0.2, 0.25) is 0 Å². The van der Waals surface area contributed by atoms with Gasteiger partial charge in [-0.05, 0) is 13.0 Å². The summed E-state index contributed by atoms with van der Waals surface area (Å²) in [6.07, 6.45) is 2.70. The van der Waals surface area contributed by atoms with Crippen molar-refractivity contribution in [2.75, 3.05) is 6.61 Å². The van der Waals surface area contributed by atoms with Crippen molar-refractivity contribution in [2.24, 2.45) is 0 Å². The van der Waals surface area contributed by atoms with Crippen LogP contribution < -0.4 is 0 Å². The normalized spacial score (nSPS) is 9.83. The zero-order valence-electron chi connectivity index (χ0n) is 9.40. The van der Waals surface area contributed by atoms with Gasteiger partial charge in [0.05, 0.1) is 17.7 Å². The Kier molecular flexibility index (Phi) is 4.22. The fraction of sp³-hybridized carbons (Fsp3) is 0.200. The van der Waals surface area contributed by atoms with Crippen molar-refractivity contribution < 1.29 is 14.5 Å². The highest BCUT2D eigenvalue weighted by molar-refractivity contribution is 5.88. The highest BCUT2D eigenvalue weighted by Gasteiger charge is 2.13. The first-order valence-electron chi connectivity index (χ1n) is 4.92. The Morgan fingerprint density at radius 2 is 2.22 bits per heavy atom. The zero-order valence-corrected chi connectivity index (χ0v) is 10.2. The Labute approximate surface area is 108 Å². The third kappa shape index (κ3) is 2.57. The molecular formula is C10H10ClN3O4. The van der Waals surface area contributed by atoms with Crippen LogP contribution in [-0.4, -0.2) is 26.9 Å². The second-order valence-corrected chi connectivity index (χ2v) is 3.26. The van der Waals surface area contributed by atoms with Crippen molar-refractivity contribution in [1.82, 2.24) is 9.38 Å². The molecule has 7 nitrogen and oxygen atoms in total. The van der Waals surface area contributed by atoms with Gasteiger partial charge < -0.3 is 4.74 Å². The number of nitrogens with zero attached hydrogens (tertiary/aromatic N) is 3. The molecule has 96 valence electrons. The maximum absolute atomic E-state index is 11.4. The van der Waals surface area contributed by atoms with Crippen molar-refractivity contribution in [3.05, 3.63) is 40.3 Å². The average Bonchev–Trinajstić information content (AvgIpc) is 2.71. The van der Waals surface area contributed by atoms with E-state index in [0.29, 0.717) is 5.65 Å². The van der Waals surface area contributed by atoms with Crippen LogP contribution in [0.3, 0.4) is 0 Å². The monoisotopic (exact) mass is 271 g/mol. The molecule has 2 rings (SSSR count). The molecule has 0 unspecified atom stereocenters. The summed E-state index contributed by atoms with van der Waals surface area (Å²) in [5.41, 5.74) is 0.524. The first-order chi connectivity index (χ1) is 8.11.